The lowest BCUT2D eigenvalue weighted by atomic mass is 10.0. The number of pyridine rings is 1. The first-order valence-corrected chi connectivity index (χ1v) is 11.2. The molecule has 0 aliphatic carbocycles. The predicted molar refractivity (Wildman–Crippen MR) is 118 cm³/mol. The number of benzene rings is 2. The van der Waals surface area contributed by atoms with Crippen molar-refractivity contribution >= 4 is 27.3 Å². The number of halogens is 1. The molecule has 0 radical (unpaired) electrons. The standard InChI is InChI=1S/C22H20FN3O4S.2H2/c1-31(29,30)18-10-8-17(9-11-18)25-22(28)20(13-15-5-3-2-4-6-15)26-21(27)19-12-7-16(23)14-24-19;;/h2-12,14,20H,13H2,1H3,(H,25,28)(H,26,27);2*1H/t20-;;/m0../s1. The van der Waals surface area contributed by atoms with Crippen LogP contribution in [0.2, 0.25) is 0 Å². The molecule has 0 bridgehead atoms. The summed E-state index contributed by atoms with van der Waals surface area (Å²) in [4.78, 5) is 29.3. The first-order valence-electron chi connectivity index (χ1n) is 9.30. The van der Waals surface area contributed by atoms with E-state index in [0.717, 1.165) is 24.1 Å². The number of anilines is 1. The molecule has 0 saturated heterocycles. The van der Waals surface area contributed by atoms with Crippen LogP contribution in [-0.2, 0) is 21.1 Å². The van der Waals surface area contributed by atoms with Crippen LogP contribution in [0.4, 0.5) is 10.1 Å². The lowest BCUT2D eigenvalue weighted by Crippen LogP contribution is -2.45. The fourth-order valence-electron chi connectivity index (χ4n) is 2.82. The average Bonchev–Trinajstić information content (AvgIpc) is 2.74. The van der Waals surface area contributed by atoms with E-state index in [4.69, 9.17) is 0 Å². The summed E-state index contributed by atoms with van der Waals surface area (Å²) >= 11 is 0. The lowest BCUT2D eigenvalue weighted by Gasteiger charge is -2.19. The number of hydrogen-bond donors (Lipinski definition) is 2. The molecule has 2 N–H and O–H groups in total. The van der Waals surface area contributed by atoms with Gasteiger partial charge in [-0.2, -0.15) is 0 Å². The van der Waals surface area contributed by atoms with Crippen LogP contribution in [0.15, 0.2) is 77.8 Å². The quantitative estimate of drug-likeness (QED) is 0.581. The van der Waals surface area contributed by atoms with E-state index in [1.165, 1.54) is 30.3 Å². The summed E-state index contributed by atoms with van der Waals surface area (Å²) in [5.41, 5.74) is 1.18. The molecule has 1 aromatic heterocycles. The normalized spacial score (nSPS) is 12.1. The number of amides is 2. The smallest absolute Gasteiger partial charge is 0.270 e. The van der Waals surface area contributed by atoms with Gasteiger partial charge in [-0.15, -0.1) is 0 Å². The van der Waals surface area contributed by atoms with Gasteiger partial charge < -0.3 is 10.6 Å². The van der Waals surface area contributed by atoms with Gasteiger partial charge in [0, 0.05) is 21.2 Å². The molecular weight excluding hydrogens is 421 g/mol. The van der Waals surface area contributed by atoms with E-state index in [9.17, 15) is 22.4 Å². The molecule has 2 amide bonds. The van der Waals surface area contributed by atoms with Crippen LogP contribution < -0.4 is 10.6 Å². The Balaban J connectivity index is 0.00000272. The third-order valence-electron chi connectivity index (χ3n) is 4.41. The zero-order valence-corrected chi connectivity index (χ0v) is 17.4. The molecule has 2 aromatic carbocycles. The SMILES string of the molecule is CS(=O)(=O)c1ccc(NC(=O)[C@H](Cc2ccccc2)NC(=O)c2ccc(F)cn2)cc1.[HH].[HH]. The zero-order chi connectivity index (χ0) is 22.4. The molecule has 0 aliphatic heterocycles. The number of carbonyl (C=O) groups excluding carboxylic acids is 2. The third-order valence-corrected chi connectivity index (χ3v) is 5.54. The minimum absolute atomic E-state index is 0. The maximum Gasteiger partial charge on any atom is 0.270 e. The maximum absolute atomic E-state index is 13.1. The van der Waals surface area contributed by atoms with Gasteiger partial charge in [0.15, 0.2) is 9.84 Å². The molecule has 0 saturated carbocycles. The van der Waals surface area contributed by atoms with Crippen LogP contribution in [0.3, 0.4) is 0 Å². The summed E-state index contributed by atoms with van der Waals surface area (Å²) in [5.74, 6) is -1.69. The van der Waals surface area contributed by atoms with E-state index in [0.29, 0.717) is 5.69 Å². The van der Waals surface area contributed by atoms with Gasteiger partial charge in [-0.25, -0.2) is 17.8 Å². The summed E-state index contributed by atoms with van der Waals surface area (Å²) < 4.78 is 36.3. The molecule has 1 atom stereocenters. The Morgan fingerprint density at radius 3 is 2.29 bits per heavy atom. The Hall–Kier alpha value is -3.59. The molecule has 0 aliphatic rings. The van der Waals surface area contributed by atoms with E-state index < -0.39 is 33.5 Å². The molecule has 31 heavy (non-hydrogen) atoms. The molecule has 0 fully saturated rings. The van der Waals surface area contributed by atoms with Crippen LogP contribution in [0.5, 0.6) is 0 Å². The summed E-state index contributed by atoms with van der Waals surface area (Å²) in [6, 6.07) is 16.2. The maximum atomic E-state index is 13.1. The Kier molecular flexibility index (Phi) is 6.76. The van der Waals surface area contributed by atoms with Gasteiger partial charge in [-0.3, -0.25) is 9.59 Å². The lowest BCUT2D eigenvalue weighted by molar-refractivity contribution is -0.118. The van der Waals surface area contributed by atoms with Crippen LogP contribution in [0, 0.1) is 5.82 Å². The van der Waals surface area contributed by atoms with Crippen LogP contribution in [-0.4, -0.2) is 37.5 Å². The van der Waals surface area contributed by atoms with Gasteiger partial charge >= 0.3 is 0 Å². The van der Waals surface area contributed by atoms with Crippen molar-refractivity contribution in [1.82, 2.24) is 10.3 Å². The van der Waals surface area contributed by atoms with Crippen molar-refractivity contribution in [1.29, 1.82) is 0 Å². The summed E-state index contributed by atoms with van der Waals surface area (Å²) in [6.45, 7) is 0. The van der Waals surface area contributed by atoms with Crippen molar-refractivity contribution < 1.29 is 25.3 Å². The highest BCUT2D eigenvalue weighted by atomic mass is 32.2. The van der Waals surface area contributed by atoms with Crippen molar-refractivity contribution in [3.05, 3.63) is 90.0 Å². The fourth-order valence-corrected chi connectivity index (χ4v) is 3.45. The molecule has 1 heterocycles. The van der Waals surface area contributed by atoms with E-state index in [-0.39, 0.29) is 19.9 Å². The topological polar surface area (TPSA) is 105 Å². The van der Waals surface area contributed by atoms with Crippen molar-refractivity contribution in [2.45, 2.75) is 17.4 Å². The monoisotopic (exact) mass is 445 g/mol. The van der Waals surface area contributed by atoms with Crippen molar-refractivity contribution in [2.24, 2.45) is 0 Å². The zero-order valence-electron chi connectivity index (χ0n) is 16.6. The average molecular weight is 446 g/mol. The molecule has 0 spiro atoms. The number of sulfone groups is 1. The van der Waals surface area contributed by atoms with Crippen molar-refractivity contribution in [3.63, 3.8) is 0 Å². The second kappa shape index (κ2) is 9.48. The number of nitrogens with zero attached hydrogens (tertiary/aromatic N) is 1. The molecule has 9 heteroatoms. The summed E-state index contributed by atoms with van der Waals surface area (Å²) in [6.07, 6.45) is 2.22. The van der Waals surface area contributed by atoms with Gasteiger partial charge in [-0.05, 0) is 42.0 Å². The second-order valence-electron chi connectivity index (χ2n) is 6.86. The second-order valence-corrected chi connectivity index (χ2v) is 8.88. The first kappa shape index (κ1) is 22.1. The number of aromatic nitrogens is 1. The Morgan fingerprint density at radius 1 is 1.03 bits per heavy atom. The van der Waals surface area contributed by atoms with Gasteiger partial charge in [0.05, 0.1) is 11.1 Å². The number of nitrogens with one attached hydrogen (secondary N) is 2. The third kappa shape index (κ3) is 6.19. The molecule has 164 valence electrons. The van der Waals surface area contributed by atoms with E-state index in [1.54, 1.807) is 0 Å². The Bertz CT molecular complexity index is 1180. The molecule has 0 unspecified atom stereocenters. The minimum Gasteiger partial charge on any atom is -0.339 e. The molecule has 3 rings (SSSR count). The van der Waals surface area contributed by atoms with Crippen molar-refractivity contribution in [3.8, 4) is 0 Å². The summed E-state index contributed by atoms with van der Waals surface area (Å²) in [5, 5.41) is 5.30. The highest BCUT2D eigenvalue weighted by molar-refractivity contribution is 7.90. The minimum atomic E-state index is -3.36. The van der Waals surface area contributed by atoms with Crippen LogP contribution in [0.1, 0.15) is 18.9 Å². The van der Waals surface area contributed by atoms with Gasteiger partial charge in [0.25, 0.3) is 5.91 Å². The summed E-state index contributed by atoms with van der Waals surface area (Å²) in [7, 11) is -3.36. The number of hydrogen-bond acceptors (Lipinski definition) is 5. The van der Waals surface area contributed by atoms with E-state index in [2.05, 4.69) is 15.6 Å². The van der Waals surface area contributed by atoms with Gasteiger partial charge in [-0.1, -0.05) is 30.3 Å². The Labute approximate surface area is 182 Å². The number of carbonyl (C=O) groups is 2. The molecule has 7 nitrogen and oxygen atoms in total. The molecular formula is C22H24FN3O4S. The largest absolute Gasteiger partial charge is 0.339 e. The fraction of sp³-hybridized carbons (Fsp3) is 0.136. The van der Waals surface area contributed by atoms with Crippen molar-refractivity contribution in [2.75, 3.05) is 11.6 Å². The van der Waals surface area contributed by atoms with Gasteiger partial charge in [0.1, 0.15) is 17.6 Å². The van der Waals surface area contributed by atoms with Crippen LogP contribution >= 0.6 is 0 Å². The van der Waals surface area contributed by atoms with E-state index >= 15 is 0 Å². The predicted octanol–water partition coefficient (Wildman–Crippen LogP) is 3.10. The number of rotatable bonds is 7. The first-order chi connectivity index (χ1) is 14.7. The van der Waals surface area contributed by atoms with Crippen LogP contribution in [0.25, 0.3) is 0 Å². The van der Waals surface area contributed by atoms with Gasteiger partial charge in [0.2, 0.25) is 5.91 Å². The molecule has 3 aromatic rings. The Morgan fingerprint density at radius 2 is 1.71 bits per heavy atom. The highest BCUT2D eigenvalue weighted by Gasteiger charge is 2.23. The van der Waals surface area contributed by atoms with E-state index in [1.807, 2.05) is 30.3 Å². The highest BCUT2D eigenvalue weighted by Crippen LogP contribution is 2.15.